The number of hydrogen-bond donors (Lipinski definition) is 0. The number of carbonyl (C=O) groups is 1. The average Bonchev–Trinajstić information content (AvgIpc) is 2.28. The molecule has 0 aromatic carbocycles. The van der Waals surface area contributed by atoms with Gasteiger partial charge in [0, 0.05) is 25.7 Å². The maximum absolute atomic E-state index is 11.7. The summed E-state index contributed by atoms with van der Waals surface area (Å²) in [6, 6.07) is 0. The van der Waals surface area contributed by atoms with Crippen LogP contribution in [0.5, 0.6) is 0 Å². The monoisotopic (exact) mass is 258 g/mol. The van der Waals surface area contributed by atoms with E-state index in [1.54, 1.807) is 0 Å². The Kier molecular flexibility index (Phi) is 4.83. The van der Waals surface area contributed by atoms with Gasteiger partial charge in [-0.2, -0.15) is 0 Å². The standard InChI is InChI=1S/C13H22O5/c1-9-7-11(3-5-15-9)17-13(14)18-12-4-6-16-10(2)8-12/h9-12H,3-8H2,1-2H3. The molecule has 4 atom stereocenters. The Morgan fingerprint density at radius 3 is 1.78 bits per heavy atom. The SMILES string of the molecule is CC1CC(OC(=O)OC2CCOC(C)C2)CCO1. The maximum Gasteiger partial charge on any atom is 0.508 e. The molecule has 0 N–H and O–H groups in total. The van der Waals surface area contributed by atoms with Gasteiger partial charge in [-0.3, -0.25) is 0 Å². The summed E-state index contributed by atoms with van der Waals surface area (Å²) in [7, 11) is 0. The molecule has 0 spiro atoms. The Morgan fingerprint density at radius 1 is 0.944 bits per heavy atom. The third kappa shape index (κ3) is 4.14. The second-order valence-corrected chi connectivity index (χ2v) is 5.14. The molecule has 5 heteroatoms. The molecule has 2 aliphatic heterocycles. The van der Waals surface area contributed by atoms with Crippen molar-refractivity contribution < 1.29 is 23.7 Å². The minimum atomic E-state index is -0.548. The van der Waals surface area contributed by atoms with Crippen LogP contribution in [-0.4, -0.2) is 43.8 Å². The van der Waals surface area contributed by atoms with E-state index >= 15 is 0 Å². The molecule has 5 nitrogen and oxygen atoms in total. The second-order valence-electron chi connectivity index (χ2n) is 5.14. The van der Waals surface area contributed by atoms with Gasteiger partial charge in [-0.1, -0.05) is 0 Å². The van der Waals surface area contributed by atoms with E-state index in [0.717, 1.165) is 25.7 Å². The van der Waals surface area contributed by atoms with Gasteiger partial charge >= 0.3 is 6.16 Å². The summed E-state index contributed by atoms with van der Waals surface area (Å²) >= 11 is 0. The molecule has 2 saturated heterocycles. The van der Waals surface area contributed by atoms with Crippen LogP contribution in [0.25, 0.3) is 0 Å². The fraction of sp³-hybridized carbons (Fsp3) is 0.923. The molecule has 2 aliphatic rings. The number of carbonyl (C=O) groups excluding carboxylic acids is 1. The molecule has 0 saturated carbocycles. The quantitative estimate of drug-likeness (QED) is 0.711. The van der Waals surface area contributed by atoms with Crippen molar-refractivity contribution in [1.82, 2.24) is 0 Å². The van der Waals surface area contributed by atoms with Crippen molar-refractivity contribution in [3.05, 3.63) is 0 Å². The van der Waals surface area contributed by atoms with Crippen LogP contribution in [0.3, 0.4) is 0 Å². The number of ether oxygens (including phenoxy) is 4. The fourth-order valence-electron chi connectivity index (χ4n) is 2.43. The lowest BCUT2D eigenvalue weighted by molar-refractivity contribution is -0.0848. The first-order valence-corrected chi connectivity index (χ1v) is 6.74. The van der Waals surface area contributed by atoms with Gasteiger partial charge in [0.05, 0.1) is 25.4 Å². The number of hydrogen-bond acceptors (Lipinski definition) is 5. The first-order chi connectivity index (χ1) is 8.63. The molecule has 2 fully saturated rings. The Bertz CT molecular complexity index is 255. The zero-order valence-corrected chi connectivity index (χ0v) is 11.1. The molecule has 0 radical (unpaired) electrons. The van der Waals surface area contributed by atoms with Crippen molar-refractivity contribution in [3.8, 4) is 0 Å². The largest absolute Gasteiger partial charge is 0.508 e. The minimum Gasteiger partial charge on any atom is -0.431 e. The van der Waals surface area contributed by atoms with E-state index in [1.165, 1.54) is 0 Å². The summed E-state index contributed by atoms with van der Waals surface area (Å²) < 4.78 is 21.4. The second kappa shape index (κ2) is 6.38. The van der Waals surface area contributed by atoms with Crippen LogP contribution in [0.1, 0.15) is 39.5 Å². The van der Waals surface area contributed by atoms with Crippen molar-refractivity contribution in [1.29, 1.82) is 0 Å². The molecule has 0 aliphatic carbocycles. The Hall–Kier alpha value is -0.810. The topological polar surface area (TPSA) is 54.0 Å². The first kappa shape index (κ1) is 13.6. The van der Waals surface area contributed by atoms with Crippen LogP contribution < -0.4 is 0 Å². The lowest BCUT2D eigenvalue weighted by Crippen LogP contribution is -2.34. The van der Waals surface area contributed by atoms with Crippen molar-refractivity contribution in [2.24, 2.45) is 0 Å². The average molecular weight is 258 g/mol. The van der Waals surface area contributed by atoms with Gasteiger partial charge in [-0.15, -0.1) is 0 Å². The highest BCUT2D eigenvalue weighted by Crippen LogP contribution is 2.20. The van der Waals surface area contributed by atoms with E-state index in [-0.39, 0.29) is 24.4 Å². The van der Waals surface area contributed by atoms with Gasteiger partial charge in [0.15, 0.2) is 0 Å². The van der Waals surface area contributed by atoms with Crippen LogP contribution in [-0.2, 0) is 18.9 Å². The van der Waals surface area contributed by atoms with Crippen LogP contribution in [0, 0.1) is 0 Å². The summed E-state index contributed by atoms with van der Waals surface area (Å²) in [6.07, 6.45) is 2.62. The van der Waals surface area contributed by atoms with Gasteiger partial charge in [0.25, 0.3) is 0 Å². The number of rotatable bonds is 2. The molecule has 4 unspecified atom stereocenters. The van der Waals surface area contributed by atoms with Crippen LogP contribution >= 0.6 is 0 Å². The highest BCUT2D eigenvalue weighted by atomic mass is 16.7. The summed E-state index contributed by atoms with van der Waals surface area (Å²) in [5, 5.41) is 0. The van der Waals surface area contributed by atoms with E-state index in [1.807, 2.05) is 13.8 Å². The smallest absolute Gasteiger partial charge is 0.431 e. The van der Waals surface area contributed by atoms with Crippen molar-refractivity contribution >= 4 is 6.16 Å². The van der Waals surface area contributed by atoms with Gasteiger partial charge in [0.1, 0.15) is 12.2 Å². The Labute approximate surface area is 108 Å². The van der Waals surface area contributed by atoms with Crippen molar-refractivity contribution in [2.45, 2.75) is 63.9 Å². The predicted molar refractivity (Wildman–Crippen MR) is 64.4 cm³/mol. The van der Waals surface area contributed by atoms with E-state index in [4.69, 9.17) is 18.9 Å². The lowest BCUT2D eigenvalue weighted by Gasteiger charge is -2.29. The summed E-state index contributed by atoms with van der Waals surface area (Å²) in [4.78, 5) is 11.7. The fourth-order valence-corrected chi connectivity index (χ4v) is 2.43. The molecule has 0 aromatic heterocycles. The molecule has 0 aromatic rings. The van der Waals surface area contributed by atoms with E-state index < -0.39 is 6.16 Å². The Balaban J connectivity index is 1.71. The van der Waals surface area contributed by atoms with Gasteiger partial charge in [0.2, 0.25) is 0 Å². The zero-order valence-electron chi connectivity index (χ0n) is 11.1. The molecular weight excluding hydrogens is 236 g/mol. The highest BCUT2D eigenvalue weighted by Gasteiger charge is 2.27. The lowest BCUT2D eigenvalue weighted by atomic mass is 10.1. The van der Waals surface area contributed by atoms with Gasteiger partial charge < -0.3 is 18.9 Å². The highest BCUT2D eigenvalue weighted by molar-refractivity contribution is 5.60. The molecular formula is C13H22O5. The minimum absolute atomic E-state index is 0.0708. The van der Waals surface area contributed by atoms with Crippen molar-refractivity contribution in [3.63, 3.8) is 0 Å². The molecule has 2 heterocycles. The van der Waals surface area contributed by atoms with Crippen LogP contribution in [0.4, 0.5) is 4.79 Å². The molecule has 0 bridgehead atoms. The molecule has 0 amide bonds. The van der Waals surface area contributed by atoms with Crippen LogP contribution in [0.2, 0.25) is 0 Å². The van der Waals surface area contributed by atoms with Crippen LogP contribution in [0.15, 0.2) is 0 Å². The third-order valence-electron chi connectivity index (χ3n) is 3.40. The predicted octanol–water partition coefficient (Wildman–Crippen LogP) is 2.27. The van der Waals surface area contributed by atoms with Crippen molar-refractivity contribution in [2.75, 3.05) is 13.2 Å². The maximum atomic E-state index is 11.7. The summed E-state index contributed by atoms with van der Waals surface area (Å²) in [6.45, 7) is 5.27. The van der Waals surface area contributed by atoms with Gasteiger partial charge in [-0.25, -0.2) is 4.79 Å². The van der Waals surface area contributed by atoms with E-state index in [2.05, 4.69) is 0 Å². The van der Waals surface area contributed by atoms with E-state index in [9.17, 15) is 4.79 Å². The Morgan fingerprint density at radius 2 is 1.39 bits per heavy atom. The normalized spacial score (nSPS) is 37.0. The summed E-state index contributed by atoms with van der Waals surface area (Å²) in [5.41, 5.74) is 0. The summed E-state index contributed by atoms with van der Waals surface area (Å²) in [5.74, 6) is 0. The van der Waals surface area contributed by atoms with E-state index in [0.29, 0.717) is 13.2 Å². The molecule has 104 valence electrons. The first-order valence-electron chi connectivity index (χ1n) is 6.74. The zero-order chi connectivity index (χ0) is 13.0. The molecule has 2 rings (SSSR count). The third-order valence-corrected chi connectivity index (χ3v) is 3.40. The molecule has 18 heavy (non-hydrogen) atoms. The van der Waals surface area contributed by atoms with Gasteiger partial charge in [-0.05, 0) is 13.8 Å².